The third-order valence-corrected chi connectivity index (χ3v) is 2.57. The summed E-state index contributed by atoms with van der Waals surface area (Å²) >= 11 is 3.19. The van der Waals surface area contributed by atoms with E-state index in [0.29, 0.717) is 0 Å². The van der Waals surface area contributed by atoms with Gasteiger partial charge in [0.25, 0.3) is 0 Å². The fourth-order valence-corrected chi connectivity index (χ4v) is 1.40. The molecular formula is C11H13BrO3. The van der Waals surface area contributed by atoms with E-state index in [1.54, 1.807) is 0 Å². The Morgan fingerprint density at radius 1 is 1.47 bits per heavy atom. The van der Waals surface area contributed by atoms with E-state index in [4.69, 9.17) is 4.74 Å². The molecule has 0 aliphatic heterocycles. The fourth-order valence-electron chi connectivity index (χ4n) is 1.08. The normalized spacial score (nSPS) is 11.9. The van der Waals surface area contributed by atoms with Gasteiger partial charge in [-0.2, -0.15) is 0 Å². The molecule has 1 aromatic carbocycles. The van der Waals surface area contributed by atoms with Gasteiger partial charge in [0.15, 0.2) is 0 Å². The average molecular weight is 273 g/mol. The molecular weight excluding hydrogens is 260 g/mol. The molecule has 1 aromatic rings. The number of methoxy groups -OCH3 is 1. The lowest BCUT2D eigenvalue weighted by molar-refractivity contribution is -0.140. The van der Waals surface area contributed by atoms with Gasteiger partial charge in [-0.05, 0) is 18.6 Å². The van der Waals surface area contributed by atoms with Crippen molar-refractivity contribution in [3.8, 4) is 5.75 Å². The summed E-state index contributed by atoms with van der Waals surface area (Å²) in [6, 6.07) is 7.65. The Morgan fingerprint density at radius 2 is 2.13 bits per heavy atom. The molecule has 4 heteroatoms. The molecule has 0 N–H and O–H groups in total. The predicted octanol–water partition coefficient (Wildman–Crippen LogP) is 2.31. The molecule has 1 rings (SSSR count). The van der Waals surface area contributed by atoms with E-state index < -0.39 is 4.83 Å². The Hall–Kier alpha value is -1.03. The highest BCUT2D eigenvalue weighted by molar-refractivity contribution is 9.10. The number of hydrogen-bond donors (Lipinski definition) is 0. The summed E-state index contributed by atoms with van der Waals surface area (Å²) in [5.41, 5.74) is 1.04. The van der Waals surface area contributed by atoms with Gasteiger partial charge in [0, 0.05) is 0 Å². The Labute approximate surface area is 97.5 Å². The molecule has 0 saturated carbocycles. The zero-order valence-corrected chi connectivity index (χ0v) is 10.3. The van der Waals surface area contributed by atoms with Gasteiger partial charge >= 0.3 is 5.97 Å². The van der Waals surface area contributed by atoms with Crippen molar-refractivity contribution in [2.45, 2.75) is 11.8 Å². The number of carbonyl (C=O) groups is 1. The van der Waals surface area contributed by atoms with Crippen LogP contribution in [0.4, 0.5) is 0 Å². The summed E-state index contributed by atoms with van der Waals surface area (Å²) in [4.78, 5) is 10.6. The number of ether oxygens (including phenoxy) is 2. The maximum atomic E-state index is 11.1. The maximum Gasteiger partial charge on any atom is 0.322 e. The minimum Gasteiger partial charge on any atom is -0.492 e. The maximum absolute atomic E-state index is 11.1. The van der Waals surface area contributed by atoms with Crippen LogP contribution in [-0.4, -0.2) is 24.5 Å². The van der Waals surface area contributed by atoms with E-state index in [0.717, 1.165) is 11.3 Å². The molecule has 3 nitrogen and oxygen atoms in total. The standard InChI is InChI=1S/C11H13BrO3/c1-8-5-3-4-6-10(8)15-7-9(12)11(13)14-2/h3-6,9H,7H2,1-2H3. The van der Waals surface area contributed by atoms with Gasteiger partial charge in [-0.15, -0.1) is 0 Å². The number of para-hydroxylation sites is 1. The van der Waals surface area contributed by atoms with E-state index >= 15 is 0 Å². The molecule has 0 aliphatic rings. The third kappa shape index (κ3) is 3.55. The Kier molecular flexibility index (Phi) is 4.62. The Bertz CT molecular complexity index is 338. The highest BCUT2D eigenvalue weighted by Gasteiger charge is 2.15. The van der Waals surface area contributed by atoms with Crippen LogP contribution >= 0.6 is 15.9 Å². The lowest BCUT2D eigenvalue weighted by Gasteiger charge is -2.11. The van der Waals surface area contributed by atoms with Crippen LogP contribution < -0.4 is 4.74 Å². The van der Waals surface area contributed by atoms with E-state index in [-0.39, 0.29) is 12.6 Å². The monoisotopic (exact) mass is 272 g/mol. The second-order valence-electron chi connectivity index (χ2n) is 3.07. The van der Waals surface area contributed by atoms with Crippen molar-refractivity contribution in [2.75, 3.05) is 13.7 Å². The van der Waals surface area contributed by atoms with Gasteiger partial charge in [-0.25, -0.2) is 0 Å². The number of esters is 1. The second kappa shape index (κ2) is 5.75. The first-order chi connectivity index (χ1) is 7.15. The van der Waals surface area contributed by atoms with Gasteiger partial charge in [0.1, 0.15) is 17.2 Å². The van der Waals surface area contributed by atoms with Crippen LogP contribution in [0.2, 0.25) is 0 Å². The molecule has 0 spiro atoms. The quantitative estimate of drug-likeness (QED) is 0.623. The van der Waals surface area contributed by atoms with Crippen LogP contribution in [0.5, 0.6) is 5.75 Å². The Morgan fingerprint density at radius 3 is 2.73 bits per heavy atom. The first-order valence-electron chi connectivity index (χ1n) is 4.55. The molecule has 0 aliphatic carbocycles. The van der Waals surface area contributed by atoms with Gasteiger partial charge < -0.3 is 9.47 Å². The molecule has 1 atom stereocenters. The fraction of sp³-hybridized carbons (Fsp3) is 0.364. The number of alkyl halides is 1. The Balaban J connectivity index is 2.50. The summed E-state index contributed by atoms with van der Waals surface area (Å²) < 4.78 is 10.0. The average Bonchev–Trinajstić information content (AvgIpc) is 2.26. The SMILES string of the molecule is COC(=O)C(Br)COc1ccccc1C. The highest BCUT2D eigenvalue weighted by atomic mass is 79.9. The third-order valence-electron chi connectivity index (χ3n) is 1.94. The van der Waals surface area contributed by atoms with Gasteiger partial charge in [-0.3, -0.25) is 4.79 Å². The zero-order valence-electron chi connectivity index (χ0n) is 8.70. The second-order valence-corrected chi connectivity index (χ2v) is 4.17. The number of carbonyl (C=O) groups excluding carboxylic acids is 1. The van der Waals surface area contributed by atoms with E-state index in [2.05, 4.69) is 20.7 Å². The van der Waals surface area contributed by atoms with Gasteiger partial charge in [0.2, 0.25) is 0 Å². The van der Waals surface area contributed by atoms with Gasteiger partial charge in [0.05, 0.1) is 7.11 Å². The number of hydrogen-bond acceptors (Lipinski definition) is 3. The summed E-state index contributed by atoms with van der Waals surface area (Å²) in [5.74, 6) is 0.453. The predicted molar refractivity (Wildman–Crippen MR) is 61.4 cm³/mol. The molecule has 0 bridgehead atoms. The van der Waals surface area contributed by atoms with E-state index in [1.807, 2.05) is 31.2 Å². The van der Waals surface area contributed by atoms with Crippen molar-refractivity contribution >= 4 is 21.9 Å². The minimum absolute atomic E-state index is 0.261. The van der Waals surface area contributed by atoms with Crippen LogP contribution in [0, 0.1) is 6.92 Å². The first kappa shape index (κ1) is 12.0. The van der Waals surface area contributed by atoms with Crippen molar-refractivity contribution in [3.05, 3.63) is 29.8 Å². The van der Waals surface area contributed by atoms with Crippen LogP contribution in [0.25, 0.3) is 0 Å². The van der Waals surface area contributed by atoms with E-state index in [9.17, 15) is 4.79 Å². The van der Waals surface area contributed by atoms with Crippen molar-refractivity contribution in [2.24, 2.45) is 0 Å². The highest BCUT2D eigenvalue weighted by Crippen LogP contribution is 2.17. The van der Waals surface area contributed by atoms with Gasteiger partial charge in [-0.1, -0.05) is 34.1 Å². The van der Waals surface area contributed by atoms with E-state index in [1.165, 1.54) is 7.11 Å². The molecule has 1 unspecified atom stereocenters. The van der Waals surface area contributed by atoms with Crippen LogP contribution in [0.15, 0.2) is 24.3 Å². The largest absolute Gasteiger partial charge is 0.492 e. The van der Waals surface area contributed by atoms with Crippen molar-refractivity contribution < 1.29 is 14.3 Å². The van der Waals surface area contributed by atoms with Crippen molar-refractivity contribution in [3.63, 3.8) is 0 Å². The summed E-state index contributed by atoms with van der Waals surface area (Å²) in [5, 5.41) is 0. The molecule has 0 radical (unpaired) electrons. The summed E-state index contributed by atoms with van der Waals surface area (Å²) in [6.07, 6.45) is 0. The van der Waals surface area contributed by atoms with Crippen LogP contribution in [0.3, 0.4) is 0 Å². The number of aryl methyl sites for hydroxylation is 1. The number of rotatable bonds is 4. The zero-order chi connectivity index (χ0) is 11.3. The lowest BCUT2D eigenvalue weighted by Crippen LogP contribution is -2.23. The number of halogens is 1. The lowest BCUT2D eigenvalue weighted by atomic mass is 10.2. The molecule has 0 fully saturated rings. The van der Waals surface area contributed by atoms with Crippen LogP contribution in [0.1, 0.15) is 5.56 Å². The summed E-state index contributed by atoms with van der Waals surface area (Å²) in [7, 11) is 1.35. The topological polar surface area (TPSA) is 35.5 Å². The molecule has 0 amide bonds. The van der Waals surface area contributed by atoms with Crippen molar-refractivity contribution in [1.29, 1.82) is 0 Å². The molecule has 15 heavy (non-hydrogen) atoms. The summed E-state index contributed by atoms with van der Waals surface area (Å²) in [6.45, 7) is 2.22. The smallest absolute Gasteiger partial charge is 0.322 e. The molecule has 82 valence electrons. The minimum atomic E-state index is -0.429. The molecule has 0 aromatic heterocycles. The number of benzene rings is 1. The molecule has 0 saturated heterocycles. The van der Waals surface area contributed by atoms with Crippen molar-refractivity contribution in [1.82, 2.24) is 0 Å². The molecule has 0 heterocycles. The van der Waals surface area contributed by atoms with Crippen LogP contribution in [-0.2, 0) is 9.53 Å². The first-order valence-corrected chi connectivity index (χ1v) is 5.47.